The fourth-order valence-corrected chi connectivity index (χ4v) is 3.21. The molecule has 2 rings (SSSR count). The van der Waals surface area contributed by atoms with E-state index in [-0.39, 0.29) is 29.7 Å². The molecule has 4 nitrogen and oxygen atoms in total. The third-order valence-corrected chi connectivity index (χ3v) is 4.51. The Morgan fingerprint density at radius 1 is 1.27 bits per heavy atom. The Morgan fingerprint density at radius 3 is 2.50 bits per heavy atom. The lowest BCUT2D eigenvalue weighted by Crippen LogP contribution is -2.42. The van der Waals surface area contributed by atoms with Gasteiger partial charge in [0.05, 0.1) is 12.6 Å². The van der Waals surface area contributed by atoms with Gasteiger partial charge in [0.2, 0.25) is 0 Å². The highest BCUT2D eigenvalue weighted by molar-refractivity contribution is 5.74. The summed E-state index contributed by atoms with van der Waals surface area (Å²) in [5.41, 5.74) is 0.800. The zero-order valence-electron chi connectivity index (χ0n) is 14.9. The lowest BCUT2D eigenvalue weighted by atomic mass is 9.96. The molecule has 146 valence electrons. The minimum absolute atomic E-state index is 0.00595. The molecule has 0 aromatic heterocycles. The second-order valence-corrected chi connectivity index (χ2v) is 7.13. The molecule has 1 saturated heterocycles. The van der Waals surface area contributed by atoms with Gasteiger partial charge in [-0.3, -0.25) is 4.90 Å². The van der Waals surface area contributed by atoms with E-state index in [1.54, 1.807) is 12.1 Å². The number of hydrogen-bond acceptors (Lipinski definition) is 2. The van der Waals surface area contributed by atoms with Gasteiger partial charge in [0, 0.05) is 13.1 Å². The van der Waals surface area contributed by atoms with Crippen LogP contribution < -0.4 is 10.6 Å². The molecule has 0 radical (unpaired) electrons. The topological polar surface area (TPSA) is 44.4 Å². The van der Waals surface area contributed by atoms with Crippen molar-refractivity contribution in [2.45, 2.75) is 32.5 Å². The maximum Gasteiger partial charge on any atom is 0.401 e. The van der Waals surface area contributed by atoms with E-state index in [1.807, 2.05) is 13.8 Å². The van der Waals surface area contributed by atoms with Gasteiger partial charge in [-0.15, -0.1) is 0 Å². The molecule has 0 spiro atoms. The Bertz CT molecular complexity index is 589. The lowest BCUT2D eigenvalue weighted by Gasteiger charge is -2.24. The maximum absolute atomic E-state index is 13.1. The van der Waals surface area contributed by atoms with Gasteiger partial charge < -0.3 is 10.6 Å². The number of benzene rings is 1. The molecule has 0 bridgehead atoms. The fraction of sp³-hybridized carbons (Fsp3) is 0.611. The third kappa shape index (κ3) is 6.48. The maximum atomic E-state index is 13.1. The van der Waals surface area contributed by atoms with Crippen molar-refractivity contribution in [2.75, 3.05) is 26.2 Å². The monoisotopic (exact) mass is 375 g/mol. The number of halogens is 4. The van der Waals surface area contributed by atoms with E-state index in [2.05, 4.69) is 10.6 Å². The average Bonchev–Trinajstić information content (AvgIpc) is 2.97. The molecule has 1 fully saturated rings. The largest absolute Gasteiger partial charge is 0.401 e. The first-order valence-corrected chi connectivity index (χ1v) is 8.73. The van der Waals surface area contributed by atoms with Crippen LogP contribution >= 0.6 is 0 Å². The summed E-state index contributed by atoms with van der Waals surface area (Å²) in [5.74, 6) is -0.239. The van der Waals surface area contributed by atoms with E-state index in [9.17, 15) is 22.4 Å². The molecular weight excluding hydrogens is 350 g/mol. The number of hydrogen-bond donors (Lipinski definition) is 2. The van der Waals surface area contributed by atoms with Gasteiger partial charge in [-0.2, -0.15) is 13.2 Å². The van der Waals surface area contributed by atoms with Crippen molar-refractivity contribution in [3.63, 3.8) is 0 Å². The van der Waals surface area contributed by atoms with Crippen LogP contribution in [0.2, 0.25) is 0 Å². The van der Waals surface area contributed by atoms with Crippen LogP contribution in [0.3, 0.4) is 0 Å². The predicted octanol–water partition coefficient (Wildman–Crippen LogP) is 3.71. The minimum atomic E-state index is -4.20. The molecule has 0 aliphatic carbocycles. The number of carbonyl (C=O) groups excluding carboxylic acids is 1. The molecule has 1 aromatic rings. The van der Waals surface area contributed by atoms with Crippen molar-refractivity contribution in [2.24, 2.45) is 11.8 Å². The molecule has 1 aliphatic heterocycles. The van der Waals surface area contributed by atoms with E-state index in [0.717, 1.165) is 5.56 Å². The molecule has 0 saturated carbocycles. The van der Waals surface area contributed by atoms with Gasteiger partial charge in [-0.25, -0.2) is 9.18 Å². The molecule has 1 aromatic carbocycles. The highest BCUT2D eigenvalue weighted by atomic mass is 19.4. The quantitative estimate of drug-likeness (QED) is 0.745. The zero-order valence-corrected chi connectivity index (χ0v) is 14.9. The van der Waals surface area contributed by atoms with Crippen molar-refractivity contribution >= 4 is 6.03 Å². The minimum Gasteiger partial charge on any atom is -0.338 e. The van der Waals surface area contributed by atoms with E-state index in [0.29, 0.717) is 26.1 Å². The molecule has 2 atom stereocenters. The smallest absolute Gasteiger partial charge is 0.338 e. The lowest BCUT2D eigenvalue weighted by molar-refractivity contribution is -0.143. The van der Waals surface area contributed by atoms with Gasteiger partial charge >= 0.3 is 12.2 Å². The average molecular weight is 375 g/mol. The summed E-state index contributed by atoms with van der Waals surface area (Å²) in [6.45, 7) is 4.02. The Kier molecular flexibility index (Phi) is 6.86. The summed E-state index contributed by atoms with van der Waals surface area (Å²) in [4.78, 5) is 13.5. The summed E-state index contributed by atoms with van der Waals surface area (Å²) in [6.07, 6.45) is -3.57. The van der Waals surface area contributed by atoms with Crippen LogP contribution in [0.15, 0.2) is 24.3 Å². The predicted molar refractivity (Wildman–Crippen MR) is 91.1 cm³/mol. The van der Waals surface area contributed by atoms with Gasteiger partial charge in [-0.1, -0.05) is 26.0 Å². The van der Waals surface area contributed by atoms with E-state index in [4.69, 9.17) is 0 Å². The van der Waals surface area contributed by atoms with E-state index >= 15 is 0 Å². The Hall–Kier alpha value is -1.83. The number of rotatable bonds is 6. The zero-order chi connectivity index (χ0) is 19.3. The van der Waals surface area contributed by atoms with Gasteiger partial charge in [0.25, 0.3) is 0 Å². The SMILES string of the molecule is CC(C)[C@@H](NC(=O)NC[C@H]1CCN(CC(F)(F)F)C1)c1ccc(F)cc1. The van der Waals surface area contributed by atoms with Crippen molar-refractivity contribution in [1.29, 1.82) is 0 Å². The molecule has 1 aliphatic rings. The highest BCUT2D eigenvalue weighted by Crippen LogP contribution is 2.23. The van der Waals surface area contributed by atoms with E-state index in [1.165, 1.54) is 17.0 Å². The number of nitrogens with zero attached hydrogens (tertiary/aromatic N) is 1. The first-order chi connectivity index (χ1) is 12.1. The molecule has 26 heavy (non-hydrogen) atoms. The second-order valence-electron chi connectivity index (χ2n) is 7.13. The number of alkyl halides is 3. The first-order valence-electron chi connectivity index (χ1n) is 8.73. The summed E-state index contributed by atoms with van der Waals surface area (Å²) < 4.78 is 50.3. The Balaban J connectivity index is 1.81. The van der Waals surface area contributed by atoms with Crippen LogP contribution in [0.1, 0.15) is 31.9 Å². The second kappa shape index (κ2) is 8.70. The Labute approximate surface area is 150 Å². The molecule has 0 unspecified atom stereocenters. The van der Waals surface area contributed by atoms with Crippen LogP contribution in [0.25, 0.3) is 0 Å². The van der Waals surface area contributed by atoms with Gasteiger partial charge in [-0.05, 0) is 42.5 Å². The van der Waals surface area contributed by atoms with Crippen LogP contribution in [0, 0.1) is 17.7 Å². The number of amides is 2. The Morgan fingerprint density at radius 2 is 1.92 bits per heavy atom. The van der Waals surface area contributed by atoms with Gasteiger partial charge in [0.15, 0.2) is 0 Å². The summed E-state index contributed by atoms with van der Waals surface area (Å²) in [7, 11) is 0. The van der Waals surface area contributed by atoms with Crippen LogP contribution in [0.4, 0.5) is 22.4 Å². The number of urea groups is 1. The van der Waals surface area contributed by atoms with Crippen LogP contribution in [0.5, 0.6) is 0 Å². The molecule has 2 amide bonds. The normalized spacial score (nSPS) is 19.6. The van der Waals surface area contributed by atoms with Gasteiger partial charge in [0.1, 0.15) is 5.82 Å². The number of likely N-dealkylation sites (tertiary alicyclic amines) is 1. The van der Waals surface area contributed by atoms with Crippen molar-refractivity contribution < 1.29 is 22.4 Å². The summed E-state index contributed by atoms with van der Waals surface area (Å²) >= 11 is 0. The standard InChI is InChI=1S/C18H25F4N3O/c1-12(2)16(14-3-5-15(19)6-4-14)24-17(26)23-9-13-7-8-25(10-13)11-18(20,21)22/h3-6,12-13,16H,7-11H2,1-2H3,(H2,23,24,26)/t13-,16-/m1/s1. The van der Waals surface area contributed by atoms with Crippen LogP contribution in [-0.2, 0) is 0 Å². The summed E-state index contributed by atoms with van der Waals surface area (Å²) in [6, 6.07) is 5.30. The number of nitrogens with one attached hydrogen (secondary N) is 2. The van der Waals surface area contributed by atoms with Crippen LogP contribution in [-0.4, -0.2) is 43.3 Å². The molecule has 2 N–H and O–H groups in total. The summed E-state index contributed by atoms with van der Waals surface area (Å²) in [5, 5.41) is 5.60. The van der Waals surface area contributed by atoms with E-state index < -0.39 is 12.7 Å². The highest BCUT2D eigenvalue weighted by Gasteiger charge is 2.34. The third-order valence-electron chi connectivity index (χ3n) is 4.51. The molecular formula is C18H25F4N3O. The van der Waals surface area contributed by atoms with Crippen molar-refractivity contribution in [1.82, 2.24) is 15.5 Å². The molecule has 8 heteroatoms. The fourth-order valence-electron chi connectivity index (χ4n) is 3.21. The van der Waals surface area contributed by atoms with Crippen molar-refractivity contribution in [3.8, 4) is 0 Å². The first kappa shape index (κ1) is 20.5. The number of carbonyl (C=O) groups is 1. The molecule has 1 heterocycles. The van der Waals surface area contributed by atoms with Crippen molar-refractivity contribution in [3.05, 3.63) is 35.6 Å².